The topological polar surface area (TPSA) is 292 Å². The number of nitrogens with zero attached hydrogens (tertiary/aromatic N) is 3. The first-order valence-corrected chi connectivity index (χ1v) is 23.4. The van der Waals surface area contributed by atoms with Gasteiger partial charge in [0, 0.05) is 50.3 Å². The van der Waals surface area contributed by atoms with E-state index in [1.165, 1.54) is 11.3 Å². The number of pyridine rings is 1. The molecule has 3 heterocycles. The maximum Gasteiger partial charge on any atom is 0.408 e. The Labute approximate surface area is 400 Å². The van der Waals surface area contributed by atoms with Crippen molar-refractivity contribution in [2.45, 2.75) is 142 Å². The lowest BCUT2D eigenvalue weighted by molar-refractivity contribution is -0.144. The molecule has 0 radical (unpaired) electrons. The number of fused-ring (bicyclic) bond motifs is 1. The summed E-state index contributed by atoms with van der Waals surface area (Å²) in [5.41, 5.74) is 12.3. The van der Waals surface area contributed by atoms with Crippen LogP contribution in [0.5, 0.6) is 0 Å². The van der Waals surface area contributed by atoms with E-state index in [4.69, 9.17) is 41.4 Å². The van der Waals surface area contributed by atoms with Crippen LogP contribution in [0.15, 0.2) is 36.5 Å². The van der Waals surface area contributed by atoms with Gasteiger partial charge in [0.2, 0.25) is 5.91 Å². The summed E-state index contributed by atoms with van der Waals surface area (Å²) in [5, 5.41) is 44.5. The maximum atomic E-state index is 12.0. The number of halogens is 2. The standard InChI is InChI=1S/C13H24N2O5.C10H9NO.C9H18F2N2O.C9H16N2O3.C6H13NO/c1-13(2,3)20-12(18)14-10(11(16)17)4-5-15-6-8-19-9-7-15;12-7-8-5-6-11-10-4-2-1-3-9(8)10;1-6(2)3-8(12)9(14)13-7(4-10)5-11;1-6(2)7(8(12)13)11-5-3-4-10-9(11)14;7-5-3-1-2-4-6(5)8/h10H,4-9H2,1-3H3,(H,14,18)(H,16,17);1-6,12H,7H2;6-8H,3-5,12H2,1-2H3,(H,13,14);6-7H,3-5H2,1-2H3,(H,10,14)(H,12,13);5-6,8H,1-4,7H2/t10-;;8-;7-;5-,6+/m0.001/s1. The highest BCUT2D eigenvalue weighted by Crippen LogP contribution is 2.17. The molecule has 1 saturated carbocycles. The Balaban J connectivity index is 0.000000436. The zero-order valence-corrected chi connectivity index (χ0v) is 41.0. The van der Waals surface area contributed by atoms with Gasteiger partial charge in [0.05, 0.1) is 43.5 Å². The third-order valence-corrected chi connectivity index (χ3v) is 10.6. The largest absolute Gasteiger partial charge is 0.480 e. The second kappa shape index (κ2) is 32.9. The number of ether oxygens (including phenoxy) is 2. The van der Waals surface area contributed by atoms with Gasteiger partial charge in [-0.3, -0.25) is 14.7 Å². The van der Waals surface area contributed by atoms with Gasteiger partial charge in [0.15, 0.2) is 0 Å². The molecule has 5 atom stereocenters. The van der Waals surface area contributed by atoms with Crippen molar-refractivity contribution in [1.29, 1.82) is 0 Å². The average molecular weight is 971 g/mol. The summed E-state index contributed by atoms with van der Waals surface area (Å²) in [5.74, 6) is -2.26. The number of alkyl halides is 2. The fraction of sp³-hybridized carbons (Fsp3) is 0.702. The third kappa shape index (κ3) is 25.0. The molecular weight excluding hydrogens is 891 g/mol. The molecule has 3 fully saturated rings. The summed E-state index contributed by atoms with van der Waals surface area (Å²) in [7, 11) is 0. The number of aromatic nitrogens is 1. The summed E-state index contributed by atoms with van der Waals surface area (Å²) < 4.78 is 34.4. The molecule has 1 aliphatic carbocycles. The SMILES string of the molecule is CC(C)(C)OC(=O)N[C@@H](CCN1CCOCC1)C(=O)O.CC(C)C[C@H](N)C(=O)NC(CF)CF.CC(C)[C@@H](C(=O)O)N1CCCNC1=O.N[C@@H]1CCCC[C@@H]1O.OCc1ccnc2ccccc12. The maximum absolute atomic E-state index is 12.0. The minimum atomic E-state index is -1.05. The van der Waals surface area contributed by atoms with Crippen molar-refractivity contribution in [3.8, 4) is 0 Å². The molecular formula is C47H80F2N8O11. The van der Waals surface area contributed by atoms with Crippen LogP contribution >= 0.6 is 0 Å². The second-order valence-corrected chi connectivity index (χ2v) is 18.5. The van der Waals surface area contributed by atoms with Crippen LogP contribution in [0.2, 0.25) is 0 Å². The van der Waals surface area contributed by atoms with Gasteiger partial charge in [-0.05, 0) is 82.4 Å². The minimum absolute atomic E-state index is 0.0590. The van der Waals surface area contributed by atoms with Gasteiger partial charge in [-0.1, -0.05) is 58.7 Å². The number of carboxylic acid groups (broad SMARTS) is 2. The Morgan fingerprint density at radius 1 is 0.956 bits per heavy atom. The van der Waals surface area contributed by atoms with Crippen LogP contribution in [0.4, 0.5) is 18.4 Å². The van der Waals surface area contributed by atoms with E-state index in [-0.39, 0.29) is 36.6 Å². The highest BCUT2D eigenvalue weighted by Gasteiger charge is 2.33. The van der Waals surface area contributed by atoms with Crippen molar-refractivity contribution in [3.63, 3.8) is 0 Å². The van der Waals surface area contributed by atoms with Crippen LogP contribution in [0.25, 0.3) is 10.9 Å². The molecule has 3 aliphatic rings. The van der Waals surface area contributed by atoms with Gasteiger partial charge in [0.25, 0.3) is 0 Å². The number of urea groups is 1. The predicted molar refractivity (Wildman–Crippen MR) is 255 cm³/mol. The van der Waals surface area contributed by atoms with Gasteiger partial charge < -0.3 is 62.2 Å². The van der Waals surface area contributed by atoms with E-state index in [2.05, 4.69) is 25.8 Å². The summed E-state index contributed by atoms with van der Waals surface area (Å²) in [4.78, 5) is 64.1. The minimum Gasteiger partial charge on any atom is -0.480 e. The molecule has 5 rings (SSSR count). The number of carboxylic acids is 2. The molecule has 0 spiro atoms. The van der Waals surface area contributed by atoms with Crippen LogP contribution in [0, 0.1) is 11.8 Å². The summed E-state index contributed by atoms with van der Waals surface area (Å²) in [6.45, 7) is 15.6. The van der Waals surface area contributed by atoms with Crippen LogP contribution in [-0.4, -0.2) is 166 Å². The van der Waals surface area contributed by atoms with Crippen molar-refractivity contribution in [3.05, 3.63) is 42.1 Å². The number of amides is 4. The van der Waals surface area contributed by atoms with Crippen molar-refractivity contribution in [1.82, 2.24) is 30.7 Å². The number of carbonyl (C=O) groups is 5. The normalized spacial score (nSPS) is 18.6. The van der Waals surface area contributed by atoms with E-state index in [0.717, 1.165) is 55.2 Å². The van der Waals surface area contributed by atoms with Gasteiger partial charge >= 0.3 is 24.1 Å². The smallest absolute Gasteiger partial charge is 0.408 e. The lowest BCUT2D eigenvalue weighted by atomic mass is 9.94. The Kier molecular flexibility index (Phi) is 29.6. The lowest BCUT2D eigenvalue weighted by Gasteiger charge is -2.34. The molecule has 11 N–H and O–H groups in total. The third-order valence-electron chi connectivity index (χ3n) is 10.6. The van der Waals surface area contributed by atoms with Gasteiger partial charge in [-0.15, -0.1) is 0 Å². The molecule has 2 aliphatic heterocycles. The first kappa shape index (κ1) is 61.2. The number of rotatable bonds is 15. The van der Waals surface area contributed by atoms with Gasteiger partial charge in [0.1, 0.15) is 31.0 Å². The summed E-state index contributed by atoms with van der Waals surface area (Å²) in [6.07, 6.45) is 6.70. The van der Waals surface area contributed by atoms with E-state index in [1.807, 2.05) is 44.2 Å². The summed E-state index contributed by atoms with van der Waals surface area (Å²) in [6, 6.07) is 6.03. The first-order valence-electron chi connectivity index (χ1n) is 23.4. The number of morpholine rings is 1. The van der Waals surface area contributed by atoms with Gasteiger partial charge in [-0.2, -0.15) is 0 Å². The van der Waals surface area contributed by atoms with Crippen LogP contribution in [0.3, 0.4) is 0 Å². The molecule has 68 heavy (non-hydrogen) atoms. The fourth-order valence-corrected chi connectivity index (χ4v) is 7.01. The number of alkyl carbamates (subject to hydrolysis) is 1. The molecule has 0 unspecified atom stereocenters. The molecule has 2 aromatic rings. The molecule has 21 heteroatoms. The van der Waals surface area contributed by atoms with E-state index in [9.17, 15) is 32.8 Å². The van der Waals surface area contributed by atoms with Crippen LogP contribution in [0.1, 0.15) is 99.0 Å². The van der Waals surface area contributed by atoms with E-state index in [1.54, 1.807) is 40.8 Å². The van der Waals surface area contributed by atoms with Crippen molar-refractivity contribution in [2.24, 2.45) is 23.3 Å². The Bertz CT molecular complexity index is 1770. The number of benzene rings is 1. The number of hydrogen-bond acceptors (Lipinski definition) is 13. The van der Waals surface area contributed by atoms with Crippen molar-refractivity contribution in [2.75, 3.05) is 59.3 Å². The number of para-hydroxylation sites is 1. The van der Waals surface area contributed by atoms with E-state index < -0.39 is 67.1 Å². The monoisotopic (exact) mass is 971 g/mol. The number of hydrogen-bond donors (Lipinski definition) is 9. The zero-order chi connectivity index (χ0) is 51.4. The van der Waals surface area contributed by atoms with E-state index >= 15 is 0 Å². The van der Waals surface area contributed by atoms with Crippen molar-refractivity contribution < 1.29 is 62.7 Å². The molecule has 1 aromatic heterocycles. The predicted octanol–water partition coefficient (Wildman–Crippen LogP) is 3.96. The molecule has 1 aromatic carbocycles. The number of nitrogens with one attached hydrogen (secondary N) is 3. The molecule has 4 amide bonds. The average Bonchev–Trinajstić information content (AvgIpc) is 3.28. The second-order valence-electron chi connectivity index (χ2n) is 18.5. The lowest BCUT2D eigenvalue weighted by Crippen LogP contribution is -2.55. The molecule has 0 bridgehead atoms. The number of aliphatic hydroxyl groups excluding tert-OH is 2. The molecule has 388 valence electrons. The number of nitrogens with two attached hydrogens (primary N) is 2. The number of aliphatic carboxylic acids is 2. The quantitative estimate of drug-likeness (QED) is 0.122. The van der Waals surface area contributed by atoms with Crippen LogP contribution < -0.4 is 27.4 Å². The summed E-state index contributed by atoms with van der Waals surface area (Å²) >= 11 is 0. The highest BCUT2D eigenvalue weighted by molar-refractivity contribution is 5.84. The van der Waals surface area contributed by atoms with E-state index in [0.29, 0.717) is 45.7 Å². The molecule has 2 saturated heterocycles. The molecule has 19 nitrogen and oxygen atoms in total. The van der Waals surface area contributed by atoms with Crippen LogP contribution in [-0.2, 0) is 30.5 Å². The number of carbonyl (C=O) groups excluding carboxylic acids is 3. The Morgan fingerprint density at radius 2 is 1.59 bits per heavy atom. The van der Waals surface area contributed by atoms with Crippen molar-refractivity contribution >= 4 is 40.9 Å². The van der Waals surface area contributed by atoms with Gasteiger partial charge in [-0.25, -0.2) is 28.0 Å². The highest BCUT2D eigenvalue weighted by atomic mass is 19.1. The zero-order valence-electron chi connectivity index (χ0n) is 41.0. The number of aliphatic hydroxyl groups is 2. The first-order chi connectivity index (χ1) is 32.0. The Morgan fingerprint density at radius 3 is 2.09 bits per heavy atom. The fourth-order valence-electron chi connectivity index (χ4n) is 7.01. The Hall–Kier alpha value is -4.80.